The van der Waals surface area contributed by atoms with E-state index in [0.29, 0.717) is 5.56 Å². The van der Waals surface area contributed by atoms with Crippen molar-refractivity contribution < 1.29 is 29.3 Å². The molecule has 1 aliphatic rings. The van der Waals surface area contributed by atoms with Crippen molar-refractivity contribution in [3.8, 4) is 5.75 Å². The number of aliphatic hydroxyl groups is 2. The number of carbonyl (C=O) groups is 1. The van der Waals surface area contributed by atoms with Gasteiger partial charge in [-0.25, -0.2) is 4.79 Å². The van der Waals surface area contributed by atoms with Crippen LogP contribution in [0.4, 0.5) is 0 Å². The maximum absolute atomic E-state index is 12.8. The summed E-state index contributed by atoms with van der Waals surface area (Å²) in [5, 5.41) is 30.7. The number of phenols is 1. The average Bonchev–Trinajstić information content (AvgIpc) is 2.49. The van der Waals surface area contributed by atoms with Gasteiger partial charge in [0.2, 0.25) is 11.0 Å². The lowest BCUT2D eigenvalue weighted by molar-refractivity contribution is -0.180. The number of aromatic hydroxyl groups is 1. The summed E-state index contributed by atoms with van der Waals surface area (Å²) < 4.78 is 10.2. The molecule has 0 amide bonds. The van der Waals surface area contributed by atoms with E-state index in [1.807, 2.05) is 0 Å². The number of hydrogen-bond acceptors (Lipinski definition) is 7. The number of ether oxygens (including phenoxy) is 1. The zero-order valence-electron chi connectivity index (χ0n) is 12.6. The molecule has 23 heavy (non-hydrogen) atoms. The number of methoxy groups -OCH3 is 1. The maximum Gasteiger partial charge on any atom is 0.345 e. The molecule has 122 valence electrons. The molecule has 1 aromatic heterocycles. The van der Waals surface area contributed by atoms with Crippen LogP contribution in [0.25, 0.3) is 11.0 Å². The first kappa shape index (κ1) is 15.5. The van der Waals surface area contributed by atoms with Crippen LogP contribution in [0.15, 0.2) is 21.3 Å². The van der Waals surface area contributed by atoms with Crippen LogP contribution < -0.4 is 5.43 Å². The second-order valence-corrected chi connectivity index (χ2v) is 5.70. The van der Waals surface area contributed by atoms with Crippen molar-refractivity contribution in [2.24, 2.45) is 0 Å². The summed E-state index contributed by atoms with van der Waals surface area (Å²) in [5.41, 5.74) is -2.80. The van der Waals surface area contributed by atoms with Crippen molar-refractivity contribution in [3.63, 3.8) is 0 Å². The van der Waals surface area contributed by atoms with Gasteiger partial charge >= 0.3 is 5.97 Å². The predicted molar refractivity (Wildman–Crippen MR) is 79.1 cm³/mol. The molecule has 1 aromatic carbocycles. The summed E-state index contributed by atoms with van der Waals surface area (Å²) in [7, 11) is 1.05. The van der Waals surface area contributed by atoms with Crippen molar-refractivity contribution in [2.45, 2.75) is 31.5 Å². The highest BCUT2D eigenvalue weighted by Gasteiger charge is 2.53. The highest BCUT2D eigenvalue weighted by Crippen LogP contribution is 2.37. The lowest BCUT2D eigenvalue weighted by Crippen LogP contribution is -2.53. The highest BCUT2D eigenvalue weighted by molar-refractivity contribution is 5.88. The molecule has 2 atom stereocenters. The molecule has 7 nitrogen and oxygen atoms in total. The molecule has 2 aromatic rings. The number of fused-ring (bicyclic) bond motifs is 2. The first-order valence-corrected chi connectivity index (χ1v) is 7.09. The molecule has 1 aliphatic carbocycles. The van der Waals surface area contributed by atoms with Gasteiger partial charge in [0.05, 0.1) is 18.8 Å². The summed E-state index contributed by atoms with van der Waals surface area (Å²) in [6.07, 6.45) is -1.30. The van der Waals surface area contributed by atoms with E-state index in [2.05, 4.69) is 4.74 Å². The third-order valence-corrected chi connectivity index (χ3v) is 4.20. The Morgan fingerprint density at radius 2 is 2.13 bits per heavy atom. The van der Waals surface area contributed by atoms with Crippen LogP contribution in [0, 0.1) is 6.92 Å². The Morgan fingerprint density at radius 3 is 2.78 bits per heavy atom. The summed E-state index contributed by atoms with van der Waals surface area (Å²) in [6.45, 7) is 1.73. The molecule has 0 aliphatic heterocycles. The Balaban J connectivity index is 2.43. The quantitative estimate of drug-likeness (QED) is 0.654. The lowest BCUT2D eigenvalue weighted by Gasteiger charge is -2.34. The van der Waals surface area contributed by atoms with Crippen LogP contribution in [0.3, 0.4) is 0 Å². The predicted octanol–water partition coefficient (Wildman–Crippen LogP) is 0.475. The Kier molecular flexibility index (Phi) is 3.42. The molecular formula is C16H16O7. The summed E-state index contributed by atoms with van der Waals surface area (Å²) in [5.74, 6) is -1.36. The second kappa shape index (κ2) is 5.07. The number of phenolic OH excluding ortho intramolecular Hbond substituents is 1. The minimum Gasteiger partial charge on any atom is -0.507 e. The fraction of sp³-hybridized carbons (Fsp3) is 0.375. The number of benzene rings is 1. The molecule has 0 spiro atoms. The zero-order chi connectivity index (χ0) is 16.9. The Morgan fingerprint density at radius 1 is 1.43 bits per heavy atom. The number of hydrogen-bond donors (Lipinski definition) is 3. The van der Waals surface area contributed by atoms with E-state index >= 15 is 0 Å². The third-order valence-electron chi connectivity index (χ3n) is 4.20. The van der Waals surface area contributed by atoms with Crippen molar-refractivity contribution in [2.75, 3.05) is 7.11 Å². The van der Waals surface area contributed by atoms with Crippen molar-refractivity contribution in [3.05, 3.63) is 39.2 Å². The van der Waals surface area contributed by atoms with E-state index in [1.54, 1.807) is 13.0 Å². The molecule has 7 heteroatoms. The number of aryl methyl sites for hydroxylation is 2. The topological polar surface area (TPSA) is 117 Å². The van der Waals surface area contributed by atoms with Crippen molar-refractivity contribution in [1.29, 1.82) is 0 Å². The fourth-order valence-corrected chi connectivity index (χ4v) is 3.08. The summed E-state index contributed by atoms with van der Waals surface area (Å²) in [6, 6.07) is 2.96. The summed E-state index contributed by atoms with van der Waals surface area (Å²) in [4.78, 5) is 24.8. The Bertz CT molecular complexity index is 867. The lowest BCUT2D eigenvalue weighted by atomic mass is 9.79. The molecule has 1 unspecified atom stereocenters. The smallest absolute Gasteiger partial charge is 0.345 e. The van der Waals surface area contributed by atoms with Crippen molar-refractivity contribution in [1.82, 2.24) is 0 Å². The zero-order valence-corrected chi connectivity index (χ0v) is 12.6. The normalized spacial score (nSPS) is 23.6. The van der Waals surface area contributed by atoms with E-state index < -0.39 is 23.1 Å². The minimum atomic E-state index is -2.52. The van der Waals surface area contributed by atoms with Gasteiger partial charge in [-0.1, -0.05) is 0 Å². The van der Waals surface area contributed by atoms with Gasteiger partial charge < -0.3 is 24.5 Å². The molecule has 0 saturated heterocycles. The van der Waals surface area contributed by atoms with Crippen LogP contribution in [0.2, 0.25) is 0 Å². The molecule has 3 rings (SSSR count). The van der Waals surface area contributed by atoms with Crippen LogP contribution in [0.1, 0.15) is 23.3 Å². The molecule has 0 saturated carbocycles. The summed E-state index contributed by atoms with van der Waals surface area (Å²) >= 11 is 0. The van der Waals surface area contributed by atoms with Crippen LogP contribution in [0.5, 0.6) is 5.75 Å². The van der Waals surface area contributed by atoms with Crippen LogP contribution in [-0.4, -0.2) is 34.5 Å². The largest absolute Gasteiger partial charge is 0.507 e. The molecule has 0 radical (unpaired) electrons. The van der Waals surface area contributed by atoms with E-state index in [1.165, 1.54) is 6.07 Å². The number of carbonyl (C=O) groups excluding carboxylic acids is 1. The van der Waals surface area contributed by atoms with Gasteiger partial charge in [0, 0.05) is 6.42 Å². The van der Waals surface area contributed by atoms with Gasteiger partial charge in [0.15, 0.2) is 0 Å². The second-order valence-electron chi connectivity index (χ2n) is 5.70. The first-order valence-electron chi connectivity index (χ1n) is 7.09. The number of esters is 1. The minimum absolute atomic E-state index is 0.0326. The molecule has 0 fully saturated rings. The van der Waals surface area contributed by atoms with E-state index in [-0.39, 0.29) is 40.9 Å². The van der Waals surface area contributed by atoms with Gasteiger partial charge in [-0.05, 0) is 31.0 Å². The van der Waals surface area contributed by atoms with Gasteiger partial charge in [0.25, 0.3) is 0 Å². The first-order chi connectivity index (χ1) is 10.8. The van der Waals surface area contributed by atoms with E-state index in [0.717, 1.165) is 7.11 Å². The molecule has 0 bridgehead atoms. The average molecular weight is 320 g/mol. The monoisotopic (exact) mass is 320 g/mol. The van der Waals surface area contributed by atoms with Crippen LogP contribution in [-0.2, 0) is 21.6 Å². The maximum atomic E-state index is 12.8. The van der Waals surface area contributed by atoms with Gasteiger partial charge in [-0.3, -0.25) is 4.79 Å². The van der Waals surface area contributed by atoms with Gasteiger partial charge in [-0.15, -0.1) is 0 Å². The SMILES string of the molecule is COC(=O)C1(O)c2c(oc3cc(C)cc(O)c3c2=O)CC[C@H]1O. The Hall–Kier alpha value is -2.38. The standard InChI is InChI=1S/C16H16O7/c1-7-5-8(17)12-10(6-7)23-9-3-4-11(18)16(21,15(20)22-2)13(9)14(12)19/h5-6,11,17-18,21H,3-4H2,1-2H3/t11-,16?/m1/s1. The molecular weight excluding hydrogens is 304 g/mol. The van der Waals surface area contributed by atoms with Gasteiger partial charge in [-0.2, -0.15) is 0 Å². The Labute approximate surface area is 130 Å². The highest BCUT2D eigenvalue weighted by atomic mass is 16.5. The fourth-order valence-electron chi connectivity index (χ4n) is 3.08. The van der Waals surface area contributed by atoms with E-state index in [9.17, 15) is 24.9 Å². The van der Waals surface area contributed by atoms with Crippen molar-refractivity contribution >= 4 is 16.9 Å². The third kappa shape index (κ3) is 2.04. The van der Waals surface area contributed by atoms with Crippen LogP contribution >= 0.6 is 0 Å². The molecule has 3 N–H and O–H groups in total. The van der Waals surface area contributed by atoms with Gasteiger partial charge in [0.1, 0.15) is 22.5 Å². The number of aliphatic hydroxyl groups excluding tert-OH is 1. The van der Waals surface area contributed by atoms with E-state index in [4.69, 9.17) is 4.42 Å². The molecule has 1 heterocycles. The number of rotatable bonds is 1.